The number of aromatic nitrogens is 2. The summed E-state index contributed by atoms with van der Waals surface area (Å²) in [6.45, 7) is 2.66. The number of aliphatic hydroxyl groups is 1. The van der Waals surface area contributed by atoms with E-state index in [9.17, 15) is 9.50 Å². The number of aryl methyl sites for hydroxylation is 1. The van der Waals surface area contributed by atoms with Crippen LogP contribution >= 0.6 is 0 Å². The molecule has 0 saturated carbocycles. The minimum absolute atomic E-state index is 0.0673. The second kappa shape index (κ2) is 5.15. The van der Waals surface area contributed by atoms with Crippen LogP contribution in [0.25, 0.3) is 11.4 Å². The van der Waals surface area contributed by atoms with Crippen molar-refractivity contribution in [3.63, 3.8) is 0 Å². The topological polar surface area (TPSA) is 56.5 Å². The molecule has 6 heteroatoms. The van der Waals surface area contributed by atoms with Crippen molar-refractivity contribution in [1.29, 1.82) is 0 Å². The number of ether oxygens (including phenoxy) is 2. The minimum atomic E-state index is -0.585. The number of rotatable bonds is 2. The van der Waals surface area contributed by atoms with Crippen molar-refractivity contribution < 1.29 is 19.0 Å². The predicted octanol–water partition coefficient (Wildman–Crippen LogP) is 1.70. The van der Waals surface area contributed by atoms with Crippen LogP contribution in [0.1, 0.15) is 11.6 Å². The molecule has 22 heavy (non-hydrogen) atoms. The van der Waals surface area contributed by atoms with E-state index in [0.717, 1.165) is 11.1 Å². The molecule has 0 bridgehead atoms. The normalized spacial score (nSPS) is 30.7. The van der Waals surface area contributed by atoms with Crippen LogP contribution in [-0.4, -0.2) is 46.2 Å². The molecule has 1 aromatic heterocycles. The molecule has 2 aliphatic heterocycles. The summed E-state index contributed by atoms with van der Waals surface area (Å²) in [5, 5.41) is 9.86. The van der Waals surface area contributed by atoms with Gasteiger partial charge in [0.05, 0.1) is 19.3 Å². The molecular weight excluding hydrogens is 287 g/mol. The largest absolute Gasteiger partial charge is 0.388 e. The van der Waals surface area contributed by atoms with Crippen LogP contribution in [0.4, 0.5) is 4.39 Å². The highest BCUT2D eigenvalue weighted by Gasteiger charge is 2.48. The third kappa shape index (κ3) is 2.06. The Balaban J connectivity index is 1.73. The van der Waals surface area contributed by atoms with Gasteiger partial charge in [0.15, 0.2) is 0 Å². The molecule has 3 heterocycles. The Hall–Kier alpha value is -1.76. The fraction of sp³-hybridized carbons (Fsp3) is 0.438. The molecule has 2 fully saturated rings. The molecule has 0 spiro atoms. The van der Waals surface area contributed by atoms with Crippen molar-refractivity contribution in [1.82, 2.24) is 9.55 Å². The molecular formula is C16H17FN2O3. The highest BCUT2D eigenvalue weighted by atomic mass is 19.1. The maximum atomic E-state index is 13.6. The van der Waals surface area contributed by atoms with Crippen LogP contribution in [0.15, 0.2) is 30.6 Å². The fourth-order valence-electron chi connectivity index (χ4n) is 3.32. The van der Waals surface area contributed by atoms with Gasteiger partial charge in [-0.3, -0.25) is 0 Å². The third-order valence-corrected chi connectivity index (χ3v) is 4.47. The van der Waals surface area contributed by atoms with Crippen molar-refractivity contribution >= 4 is 0 Å². The average Bonchev–Trinajstić information content (AvgIpc) is 3.19. The lowest BCUT2D eigenvalue weighted by atomic mass is 10.1. The van der Waals surface area contributed by atoms with Crippen molar-refractivity contribution in [2.45, 2.75) is 31.3 Å². The number of aliphatic hydroxyl groups excluding tert-OH is 1. The van der Waals surface area contributed by atoms with Gasteiger partial charge in [-0.25, -0.2) is 9.37 Å². The Morgan fingerprint density at radius 3 is 2.95 bits per heavy atom. The van der Waals surface area contributed by atoms with Crippen LogP contribution in [0.5, 0.6) is 0 Å². The standard InChI is InChI=1S/C16H17FN2O3/c1-9-2-3-10(17)6-11(9)16-18-4-5-19(16)12-7-21-15-13(20)8-22-14(12)15/h2-6,12-15,20H,7-8H2,1H3/t12-,13+,14+,15+/m0/s1. The molecule has 0 unspecified atom stereocenters. The second-order valence-electron chi connectivity index (χ2n) is 5.85. The average molecular weight is 304 g/mol. The van der Waals surface area contributed by atoms with E-state index >= 15 is 0 Å². The number of fused-ring (bicyclic) bond motifs is 1. The molecule has 0 radical (unpaired) electrons. The first-order valence-electron chi connectivity index (χ1n) is 7.36. The molecule has 4 rings (SSSR count). The smallest absolute Gasteiger partial charge is 0.140 e. The number of imidazole rings is 1. The summed E-state index contributed by atoms with van der Waals surface area (Å²) in [4.78, 5) is 4.39. The zero-order valence-electron chi connectivity index (χ0n) is 12.1. The molecule has 1 N–H and O–H groups in total. The monoisotopic (exact) mass is 304 g/mol. The highest BCUT2D eigenvalue weighted by Crippen LogP contribution is 2.36. The summed E-state index contributed by atoms with van der Waals surface area (Å²) in [7, 11) is 0. The van der Waals surface area contributed by atoms with Gasteiger partial charge in [0, 0.05) is 18.0 Å². The molecule has 0 amide bonds. The van der Waals surface area contributed by atoms with Crippen LogP contribution in [-0.2, 0) is 9.47 Å². The van der Waals surface area contributed by atoms with Gasteiger partial charge >= 0.3 is 0 Å². The first-order valence-corrected chi connectivity index (χ1v) is 7.36. The molecule has 4 atom stereocenters. The number of halogens is 1. The lowest BCUT2D eigenvalue weighted by Crippen LogP contribution is -2.30. The fourth-order valence-corrected chi connectivity index (χ4v) is 3.32. The summed E-state index contributed by atoms with van der Waals surface area (Å²) < 4.78 is 26.9. The number of hydrogen-bond donors (Lipinski definition) is 1. The molecule has 2 aromatic rings. The number of benzene rings is 1. The second-order valence-corrected chi connectivity index (χ2v) is 5.85. The summed E-state index contributed by atoms with van der Waals surface area (Å²) in [6.07, 6.45) is 2.46. The van der Waals surface area contributed by atoms with Crippen LogP contribution in [0.2, 0.25) is 0 Å². The van der Waals surface area contributed by atoms with Crippen molar-refractivity contribution in [2.75, 3.05) is 13.2 Å². The van der Waals surface area contributed by atoms with Gasteiger partial charge in [0.2, 0.25) is 0 Å². The van der Waals surface area contributed by atoms with Gasteiger partial charge in [-0.2, -0.15) is 0 Å². The molecule has 2 aliphatic rings. The highest BCUT2D eigenvalue weighted by molar-refractivity contribution is 5.60. The lowest BCUT2D eigenvalue weighted by molar-refractivity contribution is 0.0172. The quantitative estimate of drug-likeness (QED) is 0.917. The van der Waals surface area contributed by atoms with Gasteiger partial charge in [-0.15, -0.1) is 0 Å². The van der Waals surface area contributed by atoms with Gasteiger partial charge in [-0.05, 0) is 24.6 Å². The van der Waals surface area contributed by atoms with Crippen molar-refractivity contribution in [2.24, 2.45) is 0 Å². The van der Waals surface area contributed by atoms with Crippen molar-refractivity contribution in [3.05, 3.63) is 42.0 Å². The minimum Gasteiger partial charge on any atom is -0.388 e. The SMILES string of the molecule is Cc1ccc(F)cc1-c1nccn1[C@H]1CO[C@H]2[C@@H]1OC[C@H]2O. The van der Waals surface area contributed by atoms with E-state index < -0.39 is 6.10 Å². The molecule has 2 saturated heterocycles. The van der Waals surface area contributed by atoms with Gasteiger partial charge < -0.3 is 19.1 Å². The number of hydrogen-bond acceptors (Lipinski definition) is 4. The Kier molecular flexibility index (Phi) is 3.25. The van der Waals surface area contributed by atoms with E-state index in [-0.39, 0.29) is 30.7 Å². The Bertz CT molecular complexity index is 702. The Labute approximate surface area is 127 Å². The van der Waals surface area contributed by atoms with E-state index in [1.54, 1.807) is 12.3 Å². The van der Waals surface area contributed by atoms with Crippen LogP contribution < -0.4 is 0 Å². The van der Waals surface area contributed by atoms with Gasteiger partial charge in [0.1, 0.15) is 30.0 Å². The van der Waals surface area contributed by atoms with E-state index in [1.807, 2.05) is 17.7 Å². The summed E-state index contributed by atoms with van der Waals surface area (Å²) in [5.41, 5.74) is 1.71. The van der Waals surface area contributed by atoms with Gasteiger partial charge in [0.25, 0.3) is 0 Å². The van der Waals surface area contributed by atoms with E-state index in [0.29, 0.717) is 12.4 Å². The first kappa shape index (κ1) is 13.9. The van der Waals surface area contributed by atoms with Crippen LogP contribution in [0.3, 0.4) is 0 Å². The Morgan fingerprint density at radius 1 is 1.27 bits per heavy atom. The lowest BCUT2D eigenvalue weighted by Gasteiger charge is -2.20. The van der Waals surface area contributed by atoms with E-state index in [1.165, 1.54) is 12.1 Å². The summed E-state index contributed by atoms with van der Waals surface area (Å²) in [6, 6.07) is 4.61. The van der Waals surface area contributed by atoms with E-state index in [4.69, 9.17) is 9.47 Å². The maximum Gasteiger partial charge on any atom is 0.140 e. The van der Waals surface area contributed by atoms with E-state index in [2.05, 4.69) is 4.98 Å². The summed E-state index contributed by atoms with van der Waals surface area (Å²) >= 11 is 0. The molecule has 0 aliphatic carbocycles. The number of nitrogens with zero attached hydrogens (tertiary/aromatic N) is 2. The zero-order valence-corrected chi connectivity index (χ0v) is 12.1. The maximum absolute atomic E-state index is 13.6. The molecule has 5 nitrogen and oxygen atoms in total. The third-order valence-electron chi connectivity index (χ3n) is 4.47. The van der Waals surface area contributed by atoms with Gasteiger partial charge in [-0.1, -0.05) is 6.07 Å². The molecule has 116 valence electrons. The summed E-state index contributed by atoms with van der Waals surface area (Å²) in [5.74, 6) is 0.402. The zero-order chi connectivity index (χ0) is 15.3. The molecule has 1 aromatic carbocycles. The van der Waals surface area contributed by atoms with Crippen molar-refractivity contribution in [3.8, 4) is 11.4 Å². The Morgan fingerprint density at radius 2 is 2.09 bits per heavy atom. The van der Waals surface area contributed by atoms with Crippen LogP contribution in [0, 0.1) is 12.7 Å². The predicted molar refractivity (Wildman–Crippen MR) is 76.9 cm³/mol. The first-order chi connectivity index (χ1) is 10.6.